The third-order valence-electron chi connectivity index (χ3n) is 4.55. The van der Waals surface area contributed by atoms with Crippen molar-refractivity contribution in [2.24, 2.45) is 0 Å². The van der Waals surface area contributed by atoms with Crippen molar-refractivity contribution in [1.29, 1.82) is 0 Å². The summed E-state index contributed by atoms with van der Waals surface area (Å²) in [6.45, 7) is 6.37. The number of Topliss-reactive ketones (excluding diaryl/α,β-unsaturated/α-hetero) is 1. The Hall–Kier alpha value is -1.88. The number of hydrogen-bond donors (Lipinski definition) is 1. The fraction of sp³-hybridized carbons (Fsp3) is 0.579. The van der Waals surface area contributed by atoms with Crippen LogP contribution < -0.4 is 10.1 Å². The van der Waals surface area contributed by atoms with Gasteiger partial charge in [-0.05, 0) is 44.9 Å². The molecule has 1 unspecified atom stereocenters. The molecule has 1 heterocycles. The molecule has 0 aromatic heterocycles. The molecule has 1 aliphatic rings. The highest BCUT2D eigenvalue weighted by Crippen LogP contribution is 2.18. The summed E-state index contributed by atoms with van der Waals surface area (Å²) < 4.78 is 5.47. The predicted molar refractivity (Wildman–Crippen MR) is 94.5 cm³/mol. The Balaban J connectivity index is 1.70. The lowest BCUT2D eigenvalue weighted by atomic mass is 10.0. The Bertz CT molecular complexity index is 559. The third-order valence-corrected chi connectivity index (χ3v) is 4.55. The van der Waals surface area contributed by atoms with Gasteiger partial charge in [0.2, 0.25) is 0 Å². The van der Waals surface area contributed by atoms with E-state index in [1.165, 1.54) is 32.6 Å². The quantitative estimate of drug-likeness (QED) is 0.744. The standard InChI is InChI=1S/C19H28N2O3/c1-3-17-8-4-5-11-21(17)12-10-20-19(23)14-24-18-9-6-7-16(13-18)15(2)22/h6-7,9,13,17H,3-5,8,10-12,14H2,1-2H3,(H,20,23). The number of rotatable bonds is 8. The van der Waals surface area contributed by atoms with Crippen molar-refractivity contribution in [1.82, 2.24) is 10.2 Å². The van der Waals surface area contributed by atoms with Crippen LogP contribution in [0.25, 0.3) is 0 Å². The number of ketones is 1. The lowest BCUT2D eigenvalue weighted by Crippen LogP contribution is -2.44. The van der Waals surface area contributed by atoms with Gasteiger partial charge >= 0.3 is 0 Å². The summed E-state index contributed by atoms with van der Waals surface area (Å²) in [6, 6.07) is 7.55. The van der Waals surface area contributed by atoms with Crippen LogP contribution >= 0.6 is 0 Å². The molecule has 1 atom stereocenters. The van der Waals surface area contributed by atoms with Crippen molar-refractivity contribution in [3.8, 4) is 5.75 Å². The molecule has 24 heavy (non-hydrogen) atoms. The topological polar surface area (TPSA) is 58.6 Å². The van der Waals surface area contributed by atoms with Crippen LogP contribution in [0.1, 0.15) is 49.9 Å². The first-order valence-corrected chi connectivity index (χ1v) is 8.84. The average Bonchev–Trinajstić information content (AvgIpc) is 2.60. The number of piperidine rings is 1. The number of nitrogens with one attached hydrogen (secondary N) is 1. The van der Waals surface area contributed by atoms with Crippen LogP contribution in [0.4, 0.5) is 0 Å². The lowest BCUT2D eigenvalue weighted by molar-refractivity contribution is -0.123. The molecule has 1 aliphatic heterocycles. The summed E-state index contributed by atoms with van der Waals surface area (Å²) in [7, 11) is 0. The maximum Gasteiger partial charge on any atom is 0.257 e. The number of hydrogen-bond acceptors (Lipinski definition) is 4. The number of nitrogens with zero attached hydrogens (tertiary/aromatic N) is 1. The Morgan fingerprint density at radius 1 is 1.33 bits per heavy atom. The van der Waals surface area contributed by atoms with Crippen molar-refractivity contribution in [2.75, 3.05) is 26.2 Å². The van der Waals surface area contributed by atoms with Gasteiger partial charge in [-0.1, -0.05) is 25.5 Å². The van der Waals surface area contributed by atoms with Crippen molar-refractivity contribution < 1.29 is 14.3 Å². The summed E-state index contributed by atoms with van der Waals surface area (Å²) in [5, 5.41) is 2.91. The van der Waals surface area contributed by atoms with Gasteiger partial charge in [0.15, 0.2) is 12.4 Å². The monoisotopic (exact) mass is 332 g/mol. The van der Waals surface area contributed by atoms with Crippen LogP contribution in [0.3, 0.4) is 0 Å². The second-order valence-electron chi connectivity index (χ2n) is 6.32. The SMILES string of the molecule is CCC1CCCCN1CCNC(=O)COc1cccc(C(C)=O)c1. The van der Waals surface area contributed by atoms with E-state index in [1.807, 2.05) is 0 Å². The van der Waals surface area contributed by atoms with E-state index >= 15 is 0 Å². The molecule has 0 bridgehead atoms. The van der Waals surface area contributed by atoms with Crippen LogP contribution in [0.15, 0.2) is 24.3 Å². The molecule has 1 amide bonds. The largest absolute Gasteiger partial charge is 0.484 e. The van der Waals surface area contributed by atoms with Crippen molar-refractivity contribution in [3.05, 3.63) is 29.8 Å². The second kappa shape index (κ2) is 9.42. The zero-order valence-corrected chi connectivity index (χ0v) is 14.7. The highest BCUT2D eigenvalue weighted by atomic mass is 16.5. The number of ether oxygens (including phenoxy) is 1. The molecule has 1 aromatic carbocycles. The van der Waals surface area contributed by atoms with Crippen LogP contribution in [-0.4, -0.2) is 48.9 Å². The van der Waals surface area contributed by atoms with E-state index in [4.69, 9.17) is 4.74 Å². The van der Waals surface area contributed by atoms with Crippen LogP contribution in [-0.2, 0) is 4.79 Å². The highest BCUT2D eigenvalue weighted by Gasteiger charge is 2.20. The average molecular weight is 332 g/mol. The molecule has 5 heteroatoms. The number of carbonyl (C=O) groups excluding carboxylic acids is 2. The number of amides is 1. The Kier molecular flexibility index (Phi) is 7.25. The summed E-state index contributed by atoms with van der Waals surface area (Å²) in [5.74, 6) is 0.394. The molecular weight excluding hydrogens is 304 g/mol. The maximum absolute atomic E-state index is 11.9. The normalized spacial score (nSPS) is 18.2. The molecule has 2 rings (SSSR count). The van der Waals surface area contributed by atoms with Crippen LogP contribution in [0.2, 0.25) is 0 Å². The van der Waals surface area contributed by atoms with Gasteiger partial charge in [0.05, 0.1) is 0 Å². The van der Waals surface area contributed by atoms with E-state index in [0.29, 0.717) is 23.9 Å². The first-order chi connectivity index (χ1) is 11.6. The number of carbonyl (C=O) groups is 2. The highest BCUT2D eigenvalue weighted by molar-refractivity contribution is 5.94. The van der Waals surface area contributed by atoms with Gasteiger partial charge in [-0.3, -0.25) is 14.5 Å². The fourth-order valence-electron chi connectivity index (χ4n) is 3.16. The molecule has 0 aliphatic carbocycles. The summed E-state index contributed by atoms with van der Waals surface area (Å²) in [5.41, 5.74) is 0.587. The van der Waals surface area contributed by atoms with Gasteiger partial charge in [0.25, 0.3) is 5.91 Å². The Labute approximate surface area is 144 Å². The fourth-order valence-corrected chi connectivity index (χ4v) is 3.16. The molecular formula is C19H28N2O3. The third kappa shape index (κ3) is 5.64. The zero-order valence-electron chi connectivity index (χ0n) is 14.7. The lowest BCUT2D eigenvalue weighted by Gasteiger charge is -2.35. The van der Waals surface area contributed by atoms with Gasteiger partial charge in [0.1, 0.15) is 5.75 Å². The zero-order chi connectivity index (χ0) is 17.4. The number of benzene rings is 1. The predicted octanol–water partition coefficient (Wildman–Crippen LogP) is 2.65. The van der Waals surface area contributed by atoms with Crippen molar-refractivity contribution in [3.63, 3.8) is 0 Å². The van der Waals surface area contributed by atoms with Crippen LogP contribution in [0.5, 0.6) is 5.75 Å². The van der Waals surface area contributed by atoms with Crippen LogP contribution in [0, 0.1) is 0 Å². The molecule has 1 aromatic rings. The minimum atomic E-state index is -0.131. The van der Waals surface area contributed by atoms with Crippen molar-refractivity contribution in [2.45, 2.75) is 45.6 Å². The molecule has 0 radical (unpaired) electrons. The molecule has 0 saturated carbocycles. The van der Waals surface area contributed by atoms with E-state index < -0.39 is 0 Å². The van der Waals surface area contributed by atoms with E-state index in [2.05, 4.69) is 17.1 Å². The van der Waals surface area contributed by atoms with E-state index in [9.17, 15) is 9.59 Å². The molecule has 0 spiro atoms. The van der Waals surface area contributed by atoms with E-state index in [1.54, 1.807) is 24.3 Å². The van der Waals surface area contributed by atoms with E-state index in [0.717, 1.165) is 13.1 Å². The summed E-state index contributed by atoms with van der Waals surface area (Å²) in [4.78, 5) is 25.7. The summed E-state index contributed by atoms with van der Waals surface area (Å²) in [6.07, 6.45) is 5.00. The first kappa shape index (κ1) is 18.5. The Morgan fingerprint density at radius 2 is 2.17 bits per heavy atom. The van der Waals surface area contributed by atoms with Gasteiger partial charge in [-0.2, -0.15) is 0 Å². The molecule has 1 N–H and O–H groups in total. The van der Waals surface area contributed by atoms with Gasteiger partial charge in [-0.15, -0.1) is 0 Å². The molecule has 1 saturated heterocycles. The molecule has 5 nitrogen and oxygen atoms in total. The smallest absolute Gasteiger partial charge is 0.257 e. The van der Waals surface area contributed by atoms with E-state index in [-0.39, 0.29) is 18.3 Å². The maximum atomic E-state index is 11.9. The van der Waals surface area contributed by atoms with Crippen molar-refractivity contribution >= 4 is 11.7 Å². The van der Waals surface area contributed by atoms with Gasteiger partial charge in [-0.25, -0.2) is 0 Å². The summed E-state index contributed by atoms with van der Waals surface area (Å²) >= 11 is 0. The molecule has 132 valence electrons. The Morgan fingerprint density at radius 3 is 2.92 bits per heavy atom. The van der Waals surface area contributed by atoms with Gasteiger partial charge in [0, 0.05) is 24.7 Å². The first-order valence-electron chi connectivity index (χ1n) is 8.84. The minimum Gasteiger partial charge on any atom is -0.484 e. The molecule has 1 fully saturated rings. The second-order valence-corrected chi connectivity index (χ2v) is 6.32. The number of likely N-dealkylation sites (tertiary alicyclic amines) is 1. The minimum absolute atomic E-state index is 0.0167. The van der Waals surface area contributed by atoms with Gasteiger partial charge < -0.3 is 10.1 Å².